The summed E-state index contributed by atoms with van der Waals surface area (Å²) in [6.07, 6.45) is 0. The molecule has 0 aromatic heterocycles. The Morgan fingerprint density at radius 2 is 1.83 bits per heavy atom. The van der Waals surface area contributed by atoms with E-state index in [9.17, 15) is 0 Å². The molecule has 5 nitrogen and oxygen atoms in total. The number of ether oxygens (including phenoxy) is 4. The first-order chi connectivity index (χ1) is 10.6. The number of benzene rings is 1. The molecule has 0 aliphatic rings. The average Bonchev–Trinajstić information content (AvgIpc) is 2.44. The molecular formula is C17H31NO4Si. The highest BCUT2D eigenvalue weighted by atomic mass is 28.3. The van der Waals surface area contributed by atoms with Crippen molar-refractivity contribution in [2.75, 3.05) is 32.9 Å². The van der Waals surface area contributed by atoms with Crippen LogP contribution in [0.15, 0.2) is 18.2 Å². The summed E-state index contributed by atoms with van der Waals surface area (Å²) in [4.78, 5) is 0. The fraction of sp³-hybridized carbons (Fsp3) is 0.647. The molecule has 2 N–H and O–H groups in total. The van der Waals surface area contributed by atoms with Crippen molar-refractivity contribution in [1.82, 2.24) is 0 Å². The Morgan fingerprint density at radius 1 is 1.13 bits per heavy atom. The SMILES string of the molecule is COc1cc(N)ccc1OCC(C)(C)OCOCC[Si](C)(C)C. The van der Waals surface area contributed by atoms with E-state index in [0.29, 0.717) is 23.8 Å². The highest BCUT2D eigenvalue weighted by Gasteiger charge is 2.21. The van der Waals surface area contributed by atoms with Crippen LogP contribution in [0.4, 0.5) is 5.69 Å². The van der Waals surface area contributed by atoms with Crippen molar-refractivity contribution in [1.29, 1.82) is 0 Å². The Kier molecular flexibility index (Phi) is 7.37. The molecule has 0 aliphatic carbocycles. The molecule has 1 aromatic carbocycles. The summed E-state index contributed by atoms with van der Waals surface area (Å²) >= 11 is 0. The Labute approximate surface area is 141 Å². The van der Waals surface area contributed by atoms with Crippen molar-refractivity contribution < 1.29 is 18.9 Å². The van der Waals surface area contributed by atoms with Crippen molar-refractivity contribution in [2.24, 2.45) is 0 Å². The fourth-order valence-electron chi connectivity index (χ4n) is 1.74. The summed E-state index contributed by atoms with van der Waals surface area (Å²) in [7, 11) is 0.536. The number of nitrogens with two attached hydrogens (primary N) is 1. The lowest BCUT2D eigenvalue weighted by Crippen LogP contribution is -2.33. The van der Waals surface area contributed by atoms with Crippen LogP contribution in [0, 0.1) is 0 Å². The van der Waals surface area contributed by atoms with Crippen molar-refractivity contribution in [3.8, 4) is 11.5 Å². The molecule has 0 fully saturated rings. The quantitative estimate of drug-likeness (QED) is 0.304. The Balaban J connectivity index is 2.38. The molecule has 0 atom stereocenters. The zero-order valence-corrected chi connectivity index (χ0v) is 16.3. The van der Waals surface area contributed by atoms with Gasteiger partial charge in [-0.25, -0.2) is 0 Å². The molecule has 1 aromatic rings. The van der Waals surface area contributed by atoms with E-state index in [1.807, 2.05) is 13.8 Å². The van der Waals surface area contributed by atoms with Gasteiger partial charge in [0.25, 0.3) is 0 Å². The van der Waals surface area contributed by atoms with E-state index in [-0.39, 0.29) is 6.79 Å². The highest BCUT2D eigenvalue weighted by molar-refractivity contribution is 6.76. The van der Waals surface area contributed by atoms with E-state index in [1.165, 1.54) is 0 Å². The fourth-order valence-corrected chi connectivity index (χ4v) is 2.49. The van der Waals surface area contributed by atoms with Crippen LogP contribution in [0.1, 0.15) is 13.8 Å². The lowest BCUT2D eigenvalue weighted by Gasteiger charge is -2.26. The monoisotopic (exact) mass is 341 g/mol. The minimum absolute atomic E-state index is 0.277. The first-order valence-corrected chi connectivity index (χ1v) is 11.6. The van der Waals surface area contributed by atoms with E-state index >= 15 is 0 Å². The molecule has 0 bridgehead atoms. The second-order valence-corrected chi connectivity index (χ2v) is 13.1. The molecule has 0 unspecified atom stereocenters. The third-order valence-electron chi connectivity index (χ3n) is 3.29. The molecule has 0 radical (unpaired) electrons. The summed E-state index contributed by atoms with van der Waals surface area (Å²) < 4.78 is 22.4. The maximum Gasteiger partial charge on any atom is 0.162 e. The van der Waals surface area contributed by atoms with Gasteiger partial charge in [-0.2, -0.15) is 0 Å². The molecular weight excluding hydrogens is 310 g/mol. The third-order valence-corrected chi connectivity index (χ3v) is 5.00. The number of methoxy groups -OCH3 is 1. The molecule has 0 heterocycles. The van der Waals surface area contributed by atoms with Gasteiger partial charge in [0, 0.05) is 26.4 Å². The van der Waals surface area contributed by atoms with E-state index in [2.05, 4.69) is 19.6 Å². The van der Waals surface area contributed by atoms with Crippen LogP contribution < -0.4 is 15.2 Å². The van der Waals surface area contributed by atoms with E-state index < -0.39 is 13.7 Å². The maximum absolute atomic E-state index is 5.80. The average molecular weight is 342 g/mol. The maximum atomic E-state index is 5.80. The van der Waals surface area contributed by atoms with Gasteiger partial charge >= 0.3 is 0 Å². The highest BCUT2D eigenvalue weighted by Crippen LogP contribution is 2.29. The van der Waals surface area contributed by atoms with Gasteiger partial charge in [0.05, 0.1) is 12.7 Å². The summed E-state index contributed by atoms with van der Waals surface area (Å²) in [6, 6.07) is 6.46. The van der Waals surface area contributed by atoms with Gasteiger partial charge in [-0.05, 0) is 32.0 Å². The minimum atomic E-state index is -1.06. The number of nitrogen functional groups attached to an aromatic ring is 1. The number of hydrogen-bond acceptors (Lipinski definition) is 5. The molecule has 6 heteroatoms. The van der Waals surface area contributed by atoms with Gasteiger partial charge in [-0.15, -0.1) is 0 Å². The molecule has 0 saturated carbocycles. The first kappa shape index (κ1) is 19.8. The van der Waals surface area contributed by atoms with Crippen LogP contribution >= 0.6 is 0 Å². The largest absolute Gasteiger partial charge is 0.493 e. The predicted molar refractivity (Wildman–Crippen MR) is 97.0 cm³/mol. The van der Waals surface area contributed by atoms with Crippen molar-refractivity contribution in [3.05, 3.63) is 18.2 Å². The number of rotatable bonds is 10. The van der Waals surface area contributed by atoms with Gasteiger partial charge in [0.2, 0.25) is 0 Å². The first-order valence-electron chi connectivity index (χ1n) is 7.91. The summed E-state index contributed by atoms with van der Waals surface area (Å²) in [6.45, 7) is 12.3. The lowest BCUT2D eigenvalue weighted by atomic mass is 10.1. The topological polar surface area (TPSA) is 62.9 Å². The van der Waals surface area contributed by atoms with Gasteiger partial charge in [0.15, 0.2) is 11.5 Å². The smallest absolute Gasteiger partial charge is 0.162 e. The van der Waals surface area contributed by atoms with Gasteiger partial charge in [-0.1, -0.05) is 19.6 Å². The van der Waals surface area contributed by atoms with Crippen LogP contribution in [0.5, 0.6) is 11.5 Å². The van der Waals surface area contributed by atoms with Crippen LogP contribution in [-0.4, -0.2) is 40.8 Å². The molecule has 1 rings (SSSR count). The molecule has 132 valence electrons. The van der Waals surface area contributed by atoms with E-state index in [0.717, 1.165) is 12.7 Å². The normalized spacial score (nSPS) is 12.3. The van der Waals surface area contributed by atoms with Crippen LogP contribution in [0.25, 0.3) is 0 Å². The molecule has 0 saturated heterocycles. The van der Waals surface area contributed by atoms with Gasteiger partial charge in [0.1, 0.15) is 13.4 Å². The second kappa shape index (κ2) is 8.56. The second-order valence-electron chi connectivity index (χ2n) is 7.44. The van der Waals surface area contributed by atoms with Crippen molar-refractivity contribution >= 4 is 13.8 Å². The zero-order valence-electron chi connectivity index (χ0n) is 15.3. The van der Waals surface area contributed by atoms with Gasteiger partial charge in [-0.3, -0.25) is 0 Å². The molecule has 0 aliphatic heterocycles. The van der Waals surface area contributed by atoms with Crippen LogP contribution in [0.3, 0.4) is 0 Å². The summed E-state index contributed by atoms with van der Waals surface area (Å²) in [5.41, 5.74) is 5.92. The number of anilines is 1. The Morgan fingerprint density at radius 3 is 2.43 bits per heavy atom. The minimum Gasteiger partial charge on any atom is -0.493 e. The standard InChI is InChI=1S/C17H31NO4Si/c1-17(2,22-13-20-9-10-23(4,5)6)12-21-15-8-7-14(18)11-16(15)19-3/h7-8,11H,9-10,12-13,18H2,1-6H3. The Bertz CT molecular complexity index is 486. The van der Waals surface area contributed by atoms with E-state index in [4.69, 9.17) is 24.7 Å². The lowest BCUT2D eigenvalue weighted by molar-refractivity contribution is -0.137. The summed E-state index contributed by atoms with van der Waals surface area (Å²) in [5, 5.41) is 0. The predicted octanol–water partition coefficient (Wildman–Crippen LogP) is 3.76. The van der Waals surface area contributed by atoms with Crippen molar-refractivity contribution in [2.45, 2.75) is 45.1 Å². The third kappa shape index (κ3) is 8.25. The molecule has 23 heavy (non-hydrogen) atoms. The van der Waals surface area contributed by atoms with Crippen LogP contribution in [0.2, 0.25) is 25.7 Å². The molecule has 0 spiro atoms. The number of hydrogen-bond donors (Lipinski definition) is 1. The van der Waals surface area contributed by atoms with E-state index in [1.54, 1.807) is 25.3 Å². The van der Waals surface area contributed by atoms with Crippen LogP contribution in [-0.2, 0) is 9.47 Å². The summed E-state index contributed by atoms with van der Waals surface area (Å²) in [5.74, 6) is 1.27. The molecule has 0 amide bonds. The van der Waals surface area contributed by atoms with Gasteiger partial charge < -0.3 is 24.7 Å². The zero-order chi connectivity index (χ0) is 17.5. The van der Waals surface area contributed by atoms with Crippen molar-refractivity contribution in [3.63, 3.8) is 0 Å². The Hall–Kier alpha value is -1.24.